The lowest BCUT2D eigenvalue weighted by Crippen LogP contribution is -1.96. The van der Waals surface area contributed by atoms with E-state index in [1.54, 1.807) is 0 Å². The van der Waals surface area contributed by atoms with E-state index in [1.807, 2.05) is 7.05 Å². The fourth-order valence-corrected chi connectivity index (χ4v) is 2.16. The first-order chi connectivity index (χ1) is 8.28. The van der Waals surface area contributed by atoms with Crippen LogP contribution in [0.25, 0.3) is 10.9 Å². The summed E-state index contributed by atoms with van der Waals surface area (Å²) in [4.78, 5) is 4.66. The van der Waals surface area contributed by atoms with Crippen LogP contribution >= 0.6 is 0 Å². The summed E-state index contributed by atoms with van der Waals surface area (Å²) in [5.41, 5.74) is 4.81. The van der Waals surface area contributed by atoms with Gasteiger partial charge in [0.1, 0.15) is 0 Å². The standard InChI is InChI=1S/C15H20N2/c1-4-6-11-7-8-14-13(9-11)15(16-3)10-12(5-2)17-14/h7-10H,4-6H2,1-3H3,(H,16,17). The van der Waals surface area contributed by atoms with Gasteiger partial charge in [-0.3, -0.25) is 4.98 Å². The maximum absolute atomic E-state index is 4.66. The summed E-state index contributed by atoms with van der Waals surface area (Å²) in [6, 6.07) is 8.74. The molecular formula is C15H20N2. The van der Waals surface area contributed by atoms with Crippen molar-refractivity contribution in [3.8, 4) is 0 Å². The van der Waals surface area contributed by atoms with Crippen molar-refractivity contribution in [2.45, 2.75) is 33.1 Å². The lowest BCUT2D eigenvalue weighted by atomic mass is 10.0. The van der Waals surface area contributed by atoms with E-state index in [2.05, 4.69) is 48.4 Å². The molecule has 0 fully saturated rings. The Bertz CT molecular complexity index is 518. The predicted octanol–water partition coefficient (Wildman–Crippen LogP) is 3.79. The SMILES string of the molecule is CCCc1ccc2nc(CC)cc(NC)c2c1. The van der Waals surface area contributed by atoms with Gasteiger partial charge in [0.25, 0.3) is 0 Å². The van der Waals surface area contributed by atoms with Gasteiger partial charge >= 0.3 is 0 Å². The average molecular weight is 228 g/mol. The van der Waals surface area contributed by atoms with Gasteiger partial charge < -0.3 is 5.32 Å². The number of aromatic nitrogens is 1. The monoisotopic (exact) mass is 228 g/mol. The number of nitrogens with one attached hydrogen (secondary N) is 1. The summed E-state index contributed by atoms with van der Waals surface area (Å²) >= 11 is 0. The maximum atomic E-state index is 4.66. The number of fused-ring (bicyclic) bond motifs is 1. The number of anilines is 1. The molecule has 2 heteroatoms. The molecule has 2 nitrogen and oxygen atoms in total. The van der Waals surface area contributed by atoms with E-state index >= 15 is 0 Å². The van der Waals surface area contributed by atoms with Gasteiger partial charge in [0.2, 0.25) is 0 Å². The van der Waals surface area contributed by atoms with Crippen molar-refractivity contribution in [1.82, 2.24) is 4.98 Å². The Morgan fingerprint density at radius 1 is 1.18 bits per heavy atom. The molecule has 0 unspecified atom stereocenters. The van der Waals surface area contributed by atoms with Gasteiger partial charge in [-0.25, -0.2) is 0 Å². The van der Waals surface area contributed by atoms with E-state index in [0.717, 1.165) is 24.1 Å². The number of pyridine rings is 1. The van der Waals surface area contributed by atoms with E-state index < -0.39 is 0 Å². The van der Waals surface area contributed by atoms with E-state index in [9.17, 15) is 0 Å². The topological polar surface area (TPSA) is 24.9 Å². The highest BCUT2D eigenvalue weighted by atomic mass is 14.8. The van der Waals surface area contributed by atoms with Crippen LogP contribution in [0.4, 0.5) is 5.69 Å². The quantitative estimate of drug-likeness (QED) is 0.861. The Morgan fingerprint density at radius 3 is 2.65 bits per heavy atom. The Hall–Kier alpha value is -1.57. The van der Waals surface area contributed by atoms with Crippen LogP contribution in [0.1, 0.15) is 31.5 Å². The van der Waals surface area contributed by atoms with E-state index in [-0.39, 0.29) is 0 Å². The van der Waals surface area contributed by atoms with Gasteiger partial charge in [-0.05, 0) is 36.6 Å². The normalized spacial score (nSPS) is 10.8. The first-order valence-electron chi connectivity index (χ1n) is 6.38. The highest BCUT2D eigenvalue weighted by molar-refractivity contribution is 5.91. The van der Waals surface area contributed by atoms with Crippen molar-refractivity contribution < 1.29 is 0 Å². The highest BCUT2D eigenvalue weighted by Crippen LogP contribution is 2.24. The summed E-state index contributed by atoms with van der Waals surface area (Å²) in [6.07, 6.45) is 3.29. The molecule has 0 radical (unpaired) electrons. The van der Waals surface area contributed by atoms with Crippen LogP contribution in [0.5, 0.6) is 0 Å². The van der Waals surface area contributed by atoms with Crippen LogP contribution in [0.3, 0.4) is 0 Å². The molecule has 1 aromatic heterocycles. The zero-order chi connectivity index (χ0) is 12.3. The average Bonchev–Trinajstić information content (AvgIpc) is 2.37. The lowest BCUT2D eigenvalue weighted by Gasteiger charge is -2.09. The third-order valence-corrected chi connectivity index (χ3v) is 3.10. The number of hydrogen-bond donors (Lipinski definition) is 1. The van der Waals surface area contributed by atoms with E-state index in [0.29, 0.717) is 0 Å². The number of benzene rings is 1. The molecule has 90 valence electrons. The molecular weight excluding hydrogens is 208 g/mol. The Kier molecular flexibility index (Phi) is 3.62. The molecule has 1 heterocycles. The number of rotatable bonds is 4. The van der Waals surface area contributed by atoms with Gasteiger partial charge in [-0.1, -0.05) is 26.3 Å². The molecule has 2 aromatic rings. The van der Waals surface area contributed by atoms with Gasteiger partial charge in [0.05, 0.1) is 5.52 Å². The molecule has 0 spiro atoms. The van der Waals surface area contributed by atoms with Crippen molar-refractivity contribution in [3.05, 3.63) is 35.5 Å². The van der Waals surface area contributed by atoms with Crippen LogP contribution in [0, 0.1) is 0 Å². The van der Waals surface area contributed by atoms with Crippen LogP contribution in [0.2, 0.25) is 0 Å². The Labute approximate surface area is 103 Å². The molecule has 0 aliphatic rings. The van der Waals surface area contributed by atoms with Crippen LogP contribution < -0.4 is 5.32 Å². The second-order valence-corrected chi connectivity index (χ2v) is 4.37. The molecule has 0 saturated carbocycles. The smallest absolute Gasteiger partial charge is 0.0726 e. The van der Waals surface area contributed by atoms with Crippen LogP contribution in [0.15, 0.2) is 24.3 Å². The number of hydrogen-bond acceptors (Lipinski definition) is 2. The lowest BCUT2D eigenvalue weighted by molar-refractivity contribution is 0.923. The highest BCUT2D eigenvalue weighted by Gasteiger charge is 2.04. The minimum Gasteiger partial charge on any atom is -0.388 e. The Balaban J connectivity index is 2.59. The van der Waals surface area contributed by atoms with Gasteiger partial charge in [0, 0.05) is 23.8 Å². The first-order valence-corrected chi connectivity index (χ1v) is 6.38. The molecule has 2 rings (SSSR count). The first kappa shape index (κ1) is 11.9. The summed E-state index contributed by atoms with van der Waals surface area (Å²) in [7, 11) is 1.97. The maximum Gasteiger partial charge on any atom is 0.0726 e. The summed E-state index contributed by atoms with van der Waals surface area (Å²) in [6.45, 7) is 4.35. The molecule has 17 heavy (non-hydrogen) atoms. The fraction of sp³-hybridized carbons (Fsp3) is 0.400. The molecule has 0 aliphatic heterocycles. The third kappa shape index (κ3) is 2.41. The largest absolute Gasteiger partial charge is 0.388 e. The van der Waals surface area contributed by atoms with Crippen molar-refractivity contribution in [3.63, 3.8) is 0 Å². The van der Waals surface area contributed by atoms with Gasteiger partial charge in [-0.15, -0.1) is 0 Å². The zero-order valence-corrected chi connectivity index (χ0v) is 10.9. The van der Waals surface area contributed by atoms with Gasteiger partial charge in [-0.2, -0.15) is 0 Å². The number of aryl methyl sites for hydroxylation is 2. The second kappa shape index (κ2) is 5.17. The minimum atomic E-state index is 0.974. The summed E-state index contributed by atoms with van der Waals surface area (Å²) in [5, 5.41) is 4.51. The summed E-state index contributed by atoms with van der Waals surface area (Å²) < 4.78 is 0. The van der Waals surface area contributed by atoms with Crippen molar-refractivity contribution in [1.29, 1.82) is 0 Å². The predicted molar refractivity (Wildman–Crippen MR) is 74.7 cm³/mol. The molecule has 0 atom stereocenters. The molecule has 1 aromatic carbocycles. The van der Waals surface area contributed by atoms with Gasteiger partial charge in [0.15, 0.2) is 0 Å². The number of nitrogens with zero attached hydrogens (tertiary/aromatic N) is 1. The Morgan fingerprint density at radius 2 is 2.00 bits per heavy atom. The van der Waals surface area contributed by atoms with E-state index in [4.69, 9.17) is 0 Å². The van der Waals surface area contributed by atoms with Crippen LogP contribution in [-0.4, -0.2) is 12.0 Å². The molecule has 1 N–H and O–H groups in total. The third-order valence-electron chi connectivity index (χ3n) is 3.10. The molecule has 0 bridgehead atoms. The van der Waals surface area contributed by atoms with Crippen molar-refractivity contribution >= 4 is 16.6 Å². The second-order valence-electron chi connectivity index (χ2n) is 4.37. The van der Waals surface area contributed by atoms with E-state index in [1.165, 1.54) is 23.1 Å². The molecule has 0 aliphatic carbocycles. The van der Waals surface area contributed by atoms with Crippen molar-refractivity contribution in [2.75, 3.05) is 12.4 Å². The molecule has 0 saturated heterocycles. The van der Waals surface area contributed by atoms with Crippen molar-refractivity contribution in [2.24, 2.45) is 0 Å². The fourth-order valence-electron chi connectivity index (χ4n) is 2.16. The summed E-state index contributed by atoms with van der Waals surface area (Å²) in [5.74, 6) is 0. The molecule has 0 amide bonds. The van der Waals surface area contributed by atoms with Crippen LogP contribution in [-0.2, 0) is 12.8 Å². The zero-order valence-electron chi connectivity index (χ0n) is 10.9. The minimum absolute atomic E-state index is 0.974.